The number of benzene rings is 2. The molecule has 5 atom stereocenters. The van der Waals surface area contributed by atoms with Crippen LogP contribution in [0.2, 0.25) is 0 Å². The topological polar surface area (TPSA) is 198 Å². The van der Waals surface area contributed by atoms with Crippen LogP contribution < -0.4 is 26.0 Å². The van der Waals surface area contributed by atoms with Crippen molar-refractivity contribution in [1.29, 1.82) is 0 Å². The average Bonchev–Trinajstić information content (AvgIpc) is 3.92. The molecule has 5 amide bonds. The summed E-state index contributed by atoms with van der Waals surface area (Å²) < 4.78 is 17.0. The van der Waals surface area contributed by atoms with Crippen molar-refractivity contribution in [1.82, 2.24) is 36.1 Å². The van der Waals surface area contributed by atoms with Gasteiger partial charge in [0.05, 0.1) is 6.61 Å². The minimum absolute atomic E-state index is 0.00809. The molecule has 4 bridgehead atoms. The molecule has 0 saturated carbocycles. The van der Waals surface area contributed by atoms with Gasteiger partial charge in [0.1, 0.15) is 42.4 Å². The molecule has 0 unspecified atom stereocenters. The highest BCUT2D eigenvalue weighted by molar-refractivity contribution is 5.98. The molecule has 0 spiro atoms. The lowest BCUT2D eigenvalue weighted by Crippen LogP contribution is -2.48. The molecule has 278 valence electrons. The zero-order chi connectivity index (χ0) is 37.6. The molecule has 2 aliphatic rings. The highest BCUT2D eigenvalue weighted by Gasteiger charge is 2.43. The van der Waals surface area contributed by atoms with E-state index in [0.29, 0.717) is 24.3 Å². The van der Waals surface area contributed by atoms with Gasteiger partial charge in [-0.2, -0.15) is 0 Å². The van der Waals surface area contributed by atoms with E-state index in [4.69, 9.17) is 13.6 Å². The average molecular weight is 726 g/mol. The lowest BCUT2D eigenvalue weighted by atomic mass is 10.0. The third-order valence-electron chi connectivity index (χ3n) is 9.06. The Hall–Kier alpha value is -5.99. The van der Waals surface area contributed by atoms with Crippen LogP contribution in [0.15, 0.2) is 76.0 Å². The number of fused-ring (bicyclic) bond motifs is 5. The Kier molecular flexibility index (Phi) is 11.2. The summed E-state index contributed by atoms with van der Waals surface area (Å²) in [5.41, 5.74) is 1.05. The second kappa shape index (κ2) is 16.1. The van der Waals surface area contributed by atoms with Crippen LogP contribution in [0, 0.1) is 5.92 Å². The van der Waals surface area contributed by atoms with Crippen LogP contribution in [0.25, 0.3) is 0 Å². The molecular formula is C38H43N7O8. The highest BCUT2D eigenvalue weighted by atomic mass is 16.5. The maximum Gasteiger partial charge on any atom is 0.276 e. The van der Waals surface area contributed by atoms with Crippen molar-refractivity contribution in [3.05, 3.63) is 101 Å². The van der Waals surface area contributed by atoms with Crippen molar-refractivity contribution in [2.45, 2.75) is 77.2 Å². The van der Waals surface area contributed by atoms with Crippen molar-refractivity contribution in [2.24, 2.45) is 5.92 Å². The molecular weight excluding hydrogens is 682 g/mol. The van der Waals surface area contributed by atoms with Gasteiger partial charge >= 0.3 is 0 Å². The summed E-state index contributed by atoms with van der Waals surface area (Å²) >= 11 is 0. The minimum atomic E-state index is -1.05. The van der Waals surface area contributed by atoms with Crippen molar-refractivity contribution in [3.63, 3.8) is 0 Å². The predicted molar refractivity (Wildman–Crippen MR) is 190 cm³/mol. The molecule has 1 fully saturated rings. The van der Waals surface area contributed by atoms with Crippen LogP contribution in [0.4, 0.5) is 0 Å². The molecule has 4 N–H and O–H groups in total. The van der Waals surface area contributed by atoms with E-state index in [9.17, 15) is 24.0 Å². The monoisotopic (exact) mass is 725 g/mol. The lowest BCUT2D eigenvalue weighted by molar-refractivity contribution is -0.126. The number of oxazole rings is 2. The van der Waals surface area contributed by atoms with Crippen LogP contribution in [0.3, 0.4) is 0 Å². The third-order valence-corrected chi connectivity index (χ3v) is 9.06. The zero-order valence-electron chi connectivity index (χ0n) is 30.0. The van der Waals surface area contributed by atoms with Crippen molar-refractivity contribution < 1.29 is 37.5 Å². The maximum absolute atomic E-state index is 14.3. The first-order chi connectivity index (χ1) is 25.5. The molecule has 15 nitrogen and oxygen atoms in total. The number of carbonyl (C=O) groups is 5. The van der Waals surface area contributed by atoms with Crippen LogP contribution in [-0.2, 0) is 16.0 Å². The number of rotatable bonds is 8. The van der Waals surface area contributed by atoms with E-state index < -0.39 is 59.7 Å². The van der Waals surface area contributed by atoms with E-state index in [1.807, 2.05) is 51.1 Å². The van der Waals surface area contributed by atoms with Gasteiger partial charge in [-0.15, -0.1) is 0 Å². The Morgan fingerprint density at radius 2 is 1.66 bits per heavy atom. The van der Waals surface area contributed by atoms with Gasteiger partial charge in [0, 0.05) is 24.6 Å². The van der Waals surface area contributed by atoms with Crippen molar-refractivity contribution in [2.75, 3.05) is 13.2 Å². The normalized spacial score (nSPS) is 22.3. The Bertz CT molecular complexity index is 1960. The van der Waals surface area contributed by atoms with Gasteiger partial charge in [-0.3, -0.25) is 24.0 Å². The molecule has 1 saturated heterocycles. The summed E-state index contributed by atoms with van der Waals surface area (Å²) in [7, 11) is 0. The number of nitrogens with zero attached hydrogens (tertiary/aromatic N) is 3. The molecule has 2 aromatic carbocycles. The van der Waals surface area contributed by atoms with Gasteiger partial charge in [-0.25, -0.2) is 9.97 Å². The van der Waals surface area contributed by atoms with Crippen LogP contribution in [0.5, 0.6) is 5.75 Å². The van der Waals surface area contributed by atoms with Crippen LogP contribution in [-0.4, -0.2) is 75.7 Å². The van der Waals surface area contributed by atoms with E-state index in [0.717, 1.165) is 5.56 Å². The number of nitrogens with one attached hydrogen (secondary N) is 4. The molecule has 4 heterocycles. The van der Waals surface area contributed by atoms with Gasteiger partial charge in [-0.05, 0) is 56.4 Å². The first-order valence-corrected chi connectivity index (χ1v) is 17.7. The fourth-order valence-electron chi connectivity index (χ4n) is 6.49. The van der Waals surface area contributed by atoms with E-state index in [2.05, 4.69) is 31.2 Å². The van der Waals surface area contributed by atoms with E-state index >= 15 is 0 Å². The molecule has 4 aromatic rings. The Morgan fingerprint density at radius 1 is 0.925 bits per heavy atom. The first kappa shape index (κ1) is 36.8. The summed E-state index contributed by atoms with van der Waals surface area (Å²) in [5.74, 6) is -1.93. The summed E-state index contributed by atoms with van der Waals surface area (Å²) in [6.45, 7) is 7.76. The third kappa shape index (κ3) is 8.73. The quantitative estimate of drug-likeness (QED) is 0.209. The molecule has 53 heavy (non-hydrogen) atoms. The Balaban J connectivity index is 1.34. The van der Waals surface area contributed by atoms with Gasteiger partial charge in [-0.1, -0.05) is 50.2 Å². The van der Waals surface area contributed by atoms with E-state index in [1.54, 1.807) is 31.2 Å². The van der Waals surface area contributed by atoms with Crippen molar-refractivity contribution >= 4 is 29.5 Å². The number of hydrogen-bond acceptors (Lipinski definition) is 10. The van der Waals surface area contributed by atoms with E-state index in [-0.39, 0.29) is 48.5 Å². The Morgan fingerprint density at radius 3 is 2.42 bits per heavy atom. The second-order valence-electron chi connectivity index (χ2n) is 13.6. The molecule has 2 aliphatic heterocycles. The summed E-state index contributed by atoms with van der Waals surface area (Å²) in [4.78, 5) is 78.8. The SMILES string of the molecule is CCOc1cccc(C(=O)N[C@H]2C[C@H]3C(=O)N[C@@H](Cc4ccccc4)c4nc(co4)C(=O)N[C@H](CC(C)C)C(=O)N[C@H](C)c4nc(co4)C(=O)N3C2)c1. The molecule has 0 radical (unpaired) electrons. The molecule has 0 aliphatic carbocycles. The van der Waals surface area contributed by atoms with Gasteiger partial charge in [0.25, 0.3) is 17.7 Å². The summed E-state index contributed by atoms with van der Waals surface area (Å²) in [6.07, 6.45) is 3.01. The van der Waals surface area contributed by atoms with Crippen LogP contribution in [0.1, 0.15) is 101 Å². The highest BCUT2D eigenvalue weighted by Crippen LogP contribution is 2.26. The fourth-order valence-corrected chi connectivity index (χ4v) is 6.49. The number of aromatic nitrogens is 2. The maximum atomic E-state index is 14.3. The minimum Gasteiger partial charge on any atom is -0.494 e. The fraction of sp³-hybridized carbons (Fsp3) is 0.395. The summed E-state index contributed by atoms with van der Waals surface area (Å²) in [5, 5.41) is 11.5. The van der Waals surface area contributed by atoms with Gasteiger partial charge < -0.3 is 39.7 Å². The van der Waals surface area contributed by atoms with Gasteiger partial charge in [0.2, 0.25) is 23.6 Å². The van der Waals surface area contributed by atoms with Crippen molar-refractivity contribution in [3.8, 4) is 5.75 Å². The Labute approximate surface area is 306 Å². The predicted octanol–water partition coefficient (Wildman–Crippen LogP) is 3.51. The number of carbonyl (C=O) groups excluding carboxylic acids is 5. The number of ether oxygens (including phenoxy) is 1. The number of hydrogen-bond donors (Lipinski definition) is 4. The number of amides is 5. The summed E-state index contributed by atoms with van der Waals surface area (Å²) in [6, 6.07) is 11.8. The first-order valence-electron chi connectivity index (χ1n) is 17.7. The van der Waals surface area contributed by atoms with E-state index in [1.165, 1.54) is 17.4 Å². The zero-order valence-corrected chi connectivity index (χ0v) is 30.0. The standard InChI is InChI=1S/C38H43N7O8/c1-5-51-26-13-9-12-24(16-26)32(46)40-25-17-31-35(49)42-28(15-23-10-7-6-8-11-23)37-43-29(19-53-37)34(48)41-27(14-21(2)3)33(47)39-22(4)36-44-30(20-52-36)38(50)45(31)18-25/h6-13,16,19-22,25,27-28,31H,5,14-15,17-18H2,1-4H3,(H,39,47)(H,40,46)(H,41,48)(H,42,49)/t22-,25+,27-,28+,31+/m1/s1. The molecule has 2 aromatic heterocycles. The smallest absolute Gasteiger partial charge is 0.276 e. The second-order valence-corrected chi connectivity index (χ2v) is 13.6. The molecule has 15 heteroatoms. The molecule has 6 rings (SSSR count). The van der Waals surface area contributed by atoms with Gasteiger partial charge in [0.15, 0.2) is 11.4 Å². The van der Waals surface area contributed by atoms with Crippen LogP contribution >= 0.6 is 0 Å². The lowest BCUT2D eigenvalue weighted by Gasteiger charge is -2.25. The largest absolute Gasteiger partial charge is 0.494 e.